The van der Waals surface area contributed by atoms with Crippen LogP contribution >= 0.6 is 11.6 Å². The van der Waals surface area contributed by atoms with Gasteiger partial charge in [0.1, 0.15) is 5.69 Å². The van der Waals surface area contributed by atoms with Gasteiger partial charge in [-0.2, -0.15) is 0 Å². The molecule has 0 heterocycles. The van der Waals surface area contributed by atoms with Gasteiger partial charge in [-0.15, -0.1) is 0 Å². The van der Waals surface area contributed by atoms with Crippen LogP contribution in [0.25, 0.3) is 0 Å². The lowest BCUT2D eigenvalue weighted by Gasteiger charge is -2.08. The van der Waals surface area contributed by atoms with Crippen LogP contribution in [-0.4, -0.2) is 4.92 Å². The molecule has 1 aliphatic carbocycles. The van der Waals surface area contributed by atoms with Gasteiger partial charge in [0.05, 0.1) is 4.92 Å². The van der Waals surface area contributed by atoms with Gasteiger partial charge in [0.25, 0.3) is 5.69 Å². The minimum absolute atomic E-state index is 0.00268. The fourth-order valence-electron chi connectivity index (χ4n) is 2.33. The Morgan fingerprint density at radius 2 is 1.90 bits per heavy atom. The van der Waals surface area contributed by atoms with Crippen LogP contribution in [0.2, 0.25) is 5.02 Å². The molecule has 1 N–H and O–H groups in total. The summed E-state index contributed by atoms with van der Waals surface area (Å²) in [5, 5.41) is 14.5. The van der Waals surface area contributed by atoms with Crippen molar-refractivity contribution in [1.29, 1.82) is 0 Å². The maximum absolute atomic E-state index is 11.0. The molecule has 2 aromatic rings. The SMILES string of the molecule is O=[N+]([O-])c1cc(Cl)ccc1NCc1ccc(C2CC2)cc1. The number of nitro groups is 1. The van der Waals surface area contributed by atoms with E-state index in [0.29, 0.717) is 17.3 Å². The van der Waals surface area contributed by atoms with Gasteiger partial charge >= 0.3 is 0 Å². The summed E-state index contributed by atoms with van der Waals surface area (Å²) in [5.74, 6) is 0.740. The maximum atomic E-state index is 11.0. The zero-order valence-corrected chi connectivity index (χ0v) is 12.1. The van der Waals surface area contributed by atoms with Gasteiger partial charge in [-0.25, -0.2) is 0 Å². The Morgan fingerprint density at radius 3 is 2.52 bits per heavy atom. The molecule has 21 heavy (non-hydrogen) atoms. The van der Waals surface area contributed by atoms with Crippen molar-refractivity contribution in [3.63, 3.8) is 0 Å². The van der Waals surface area contributed by atoms with E-state index in [-0.39, 0.29) is 5.69 Å². The molecule has 3 rings (SSSR count). The van der Waals surface area contributed by atoms with E-state index in [0.717, 1.165) is 11.5 Å². The summed E-state index contributed by atoms with van der Waals surface area (Å²) in [6, 6.07) is 13.1. The summed E-state index contributed by atoms with van der Waals surface area (Å²) < 4.78 is 0. The highest BCUT2D eigenvalue weighted by Gasteiger charge is 2.22. The van der Waals surface area contributed by atoms with Gasteiger partial charge in [-0.3, -0.25) is 10.1 Å². The van der Waals surface area contributed by atoms with E-state index < -0.39 is 4.92 Å². The topological polar surface area (TPSA) is 55.2 Å². The van der Waals surface area contributed by atoms with Crippen LogP contribution in [0.15, 0.2) is 42.5 Å². The molecule has 4 nitrogen and oxygen atoms in total. The van der Waals surface area contributed by atoms with E-state index >= 15 is 0 Å². The molecule has 2 aromatic carbocycles. The molecule has 1 aliphatic rings. The molecule has 0 radical (unpaired) electrons. The fourth-order valence-corrected chi connectivity index (χ4v) is 2.49. The molecule has 0 atom stereocenters. The average molecular weight is 303 g/mol. The zero-order valence-electron chi connectivity index (χ0n) is 11.4. The van der Waals surface area contributed by atoms with E-state index in [1.807, 2.05) is 0 Å². The number of benzene rings is 2. The highest BCUT2D eigenvalue weighted by Crippen LogP contribution is 2.39. The molecule has 0 unspecified atom stereocenters. The van der Waals surface area contributed by atoms with Crippen molar-refractivity contribution in [3.8, 4) is 0 Å². The van der Waals surface area contributed by atoms with Gasteiger partial charge in [0.15, 0.2) is 0 Å². The number of nitrogens with zero attached hydrogens (tertiary/aromatic N) is 1. The molecule has 0 aromatic heterocycles. The molecule has 1 saturated carbocycles. The Morgan fingerprint density at radius 1 is 1.19 bits per heavy atom. The van der Waals surface area contributed by atoms with Crippen molar-refractivity contribution < 1.29 is 4.92 Å². The summed E-state index contributed by atoms with van der Waals surface area (Å²) >= 11 is 5.80. The number of nitro benzene ring substituents is 1. The van der Waals surface area contributed by atoms with Crippen molar-refractivity contribution in [1.82, 2.24) is 0 Å². The van der Waals surface area contributed by atoms with Crippen molar-refractivity contribution in [3.05, 3.63) is 68.7 Å². The first-order chi connectivity index (χ1) is 10.1. The Kier molecular flexibility index (Phi) is 3.80. The Labute approximate surface area is 127 Å². The summed E-state index contributed by atoms with van der Waals surface area (Å²) in [7, 11) is 0. The first-order valence-corrected chi connectivity index (χ1v) is 7.28. The molecule has 108 valence electrons. The summed E-state index contributed by atoms with van der Waals surface area (Å²) in [6.07, 6.45) is 2.57. The largest absolute Gasteiger partial charge is 0.375 e. The molecule has 0 aliphatic heterocycles. The highest BCUT2D eigenvalue weighted by atomic mass is 35.5. The smallest absolute Gasteiger partial charge is 0.293 e. The number of rotatable bonds is 5. The molecule has 0 saturated heterocycles. The fraction of sp³-hybridized carbons (Fsp3) is 0.250. The van der Waals surface area contributed by atoms with Crippen LogP contribution in [0.1, 0.15) is 29.9 Å². The number of nitrogens with one attached hydrogen (secondary N) is 1. The predicted octanol–water partition coefficient (Wildman–Crippen LogP) is 4.74. The van der Waals surface area contributed by atoms with E-state index in [1.54, 1.807) is 12.1 Å². The lowest BCUT2D eigenvalue weighted by Crippen LogP contribution is -2.02. The lowest BCUT2D eigenvalue weighted by atomic mass is 10.1. The third kappa shape index (κ3) is 3.34. The van der Waals surface area contributed by atoms with Crippen LogP contribution in [0.4, 0.5) is 11.4 Å². The van der Waals surface area contributed by atoms with Crippen molar-refractivity contribution in [2.75, 3.05) is 5.32 Å². The zero-order chi connectivity index (χ0) is 14.8. The number of anilines is 1. The second-order valence-electron chi connectivity index (χ2n) is 5.29. The van der Waals surface area contributed by atoms with Gasteiger partial charge in [0.2, 0.25) is 0 Å². The Bertz CT molecular complexity index is 666. The number of hydrogen-bond donors (Lipinski definition) is 1. The average Bonchev–Trinajstić information content (AvgIpc) is 3.31. The minimum atomic E-state index is -0.426. The van der Waals surface area contributed by atoms with Gasteiger partial charge in [0, 0.05) is 17.6 Å². The summed E-state index contributed by atoms with van der Waals surface area (Å²) in [6.45, 7) is 0.549. The molecule has 0 amide bonds. The maximum Gasteiger partial charge on any atom is 0.293 e. The molecule has 1 fully saturated rings. The molecule has 5 heteroatoms. The Balaban J connectivity index is 1.70. The van der Waals surface area contributed by atoms with E-state index in [2.05, 4.69) is 29.6 Å². The van der Waals surface area contributed by atoms with Crippen LogP contribution in [-0.2, 0) is 6.54 Å². The molecule has 0 spiro atoms. The second-order valence-corrected chi connectivity index (χ2v) is 5.72. The summed E-state index contributed by atoms with van der Waals surface area (Å²) in [4.78, 5) is 10.6. The van der Waals surface area contributed by atoms with E-state index in [9.17, 15) is 10.1 Å². The minimum Gasteiger partial charge on any atom is -0.375 e. The van der Waals surface area contributed by atoms with Gasteiger partial charge in [-0.1, -0.05) is 35.9 Å². The number of halogens is 1. The Hall–Kier alpha value is -2.07. The number of hydrogen-bond acceptors (Lipinski definition) is 3. The standard InChI is InChI=1S/C16H15ClN2O2/c17-14-7-8-15(16(9-14)19(20)21)18-10-11-1-3-12(4-2-11)13-5-6-13/h1-4,7-9,13,18H,5-6,10H2. The quantitative estimate of drug-likeness (QED) is 0.641. The second kappa shape index (κ2) is 5.74. The highest BCUT2D eigenvalue weighted by molar-refractivity contribution is 6.30. The van der Waals surface area contributed by atoms with Crippen LogP contribution in [0, 0.1) is 10.1 Å². The molecular formula is C16H15ClN2O2. The van der Waals surface area contributed by atoms with Crippen LogP contribution in [0.5, 0.6) is 0 Å². The van der Waals surface area contributed by atoms with Crippen molar-refractivity contribution in [2.24, 2.45) is 0 Å². The first kappa shape index (κ1) is 13.9. The lowest BCUT2D eigenvalue weighted by molar-refractivity contribution is -0.383. The van der Waals surface area contributed by atoms with Gasteiger partial charge < -0.3 is 5.32 Å². The first-order valence-electron chi connectivity index (χ1n) is 6.90. The van der Waals surface area contributed by atoms with E-state index in [1.165, 1.54) is 24.5 Å². The summed E-state index contributed by atoms with van der Waals surface area (Å²) in [5.41, 5.74) is 2.97. The van der Waals surface area contributed by atoms with Crippen molar-refractivity contribution >= 4 is 23.0 Å². The third-order valence-electron chi connectivity index (χ3n) is 3.67. The molecular weight excluding hydrogens is 288 g/mol. The normalized spacial score (nSPS) is 14.0. The van der Waals surface area contributed by atoms with Gasteiger partial charge in [-0.05, 0) is 42.0 Å². The van der Waals surface area contributed by atoms with Crippen LogP contribution < -0.4 is 5.32 Å². The van der Waals surface area contributed by atoms with Crippen LogP contribution in [0.3, 0.4) is 0 Å². The molecule has 0 bridgehead atoms. The monoisotopic (exact) mass is 302 g/mol. The van der Waals surface area contributed by atoms with Crippen molar-refractivity contribution in [2.45, 2.75) is 25.3 Å². The predicted molar refractivity (Wildman–Crippen MR) is 83.9 cm³/mol. The third-order valence-corrected chi connectivity index (χ3v) is 3.90. The van der Waals surface area contributed by atoms with E-state index in [4.69, 9.17) is 11.6 Å².